The van der Waals surface area contributed by atoms with E-state index in [1.165, 1.54) is 89.9 Å². The van der Waals surface area contributed by atoms with Crippen LogP contribution in [0.2, 0.25) is 0 Å². The molecule has 14 heteroatoms. The van der Waals surface area contributed by atoms with E-state index in [1.807, 2.05) is 6.08 Å². The van der Waals surface area contributed by atoms with Gasteiger partial charge in [-0.05, 0) is 44.9 Å². The van der Waals surface area contributed by atoms with Crippen LogP contribution in [0.5, 0.6) is 0 Å². The molecular weight excluding hydrogens is 787 g/mol. The average molecular weight is 874 g/mol. The lowest BCUT2D eigenvalue weighted by Gasteiger charge is -2.46. The minimum Gasteiger partial charge on any atom is -0.394 e. The van der Waals surface area contributed by atoms with Crippen LogP contribution in [0, 0.1) is 0 Å². The van der Waals surface area contributed by atoms with Crippen LogP contribution >= 0.6 is 0 Å². The zero-order chi connectivity index (χ0) is 44.7. The highest BCUT2D eigenvalue weighted by molar-refractivity contribution is 5.76. The predicted octanol–water partition coefficient (Wildman–Crippen LogP) is 5.38. The molecule has 2 fully saturated rings. The summed E-state index contributed by atoms with van der Waals surface area (Å²) in [5, 5.41) is 86.5. The summed E-state index contributed by atoms with van der Waals surface area (Å²) in [6.45, 7) is 2.74. The number of aliphatic hydroxyl groups is 8. The summed E-state index contributed by atoms with van der Waals surface area (Å²) in [5.41, 5.74) is 0. The van der Waals surface area contributed by atoms with Crippen LogP contribution in [-0.2, 0) is 23.7 Å². The Balaban J connectivity index is 1.89. The second-order valence-electron chi connectivity index (χ2n) is 17.2. The molecule has 0 aromatic heterocycles. The normalized spacial score (nSPS) is 28.2. The van der Waals surface area contributed by atoms with Gasteiger partial charge in [-0.2, -0.15) is 0 Å². The van der Waals surface area contributed by atoms with Crippen molar-refractivity contribution in [1.29, 1.82) is 0 Å². The number of hydrogen-bond acceptors (Lipinski definition) is 13. The second-order valence-corrected chi connectivity index (χ2v) is 17.2. The summed E-state index contributed by atoms with van der Waals surface area (Å²) in [6.07, 6.45) is 19.3. The van der Waals surface area contributed by atoms with Crippen molar-refractivity contribution in [3.63, 3.8) is 0 Å². The van der Waals surface area contributed by atoms with Crippen molar-refractivity contribution < 1.29 is 64.6 Å². The van der Waals surface area contributed by atoms with Crippen molar-refractivity contribution in [2.45, 2.75) is 248 Å². The van der Waals surface area contributed by atoms with Crippen molar-refractivity contribution in [3.05, 3.63) is 24.3 Å². The molecule has 0 aliphatic carbocycles. The summed E-state index contributed by atoms with van der Waals surface area (Å²) < 4.78 is 22.6. The topological polar surface area (TPSA) is 228 Å². The molecule has 9 N–H and O–H groups in total. The lowest BCUT2D eigenvalue weighted by atomic mass is 9.97. The van der Waals surface area contributed by atoms with Gasteiger partial charge in [-0.1, -0.05) is 147 Å². The van der Waals surface area contributed by atoms with Crippen molar-refractivity contribution in [2.24, 2.45) is 0 Å². The van der Waals surface area contributed by atoms with E-state index in [1.54, 1.807) is 6.08 Å². The Morgan fingerprint density at radius 2 is 1.03 bits per heavy atom. The smallest absolute Gasteiger partial charge is 0.220 e. The van der Waals surface area contributed by atoms with Crippen LogP contribution in [0.3, 0.4) is 0 Å². The standard InChI is InChI=1S/C47H87NO13/c1-3-5-7-9-11-13-15-17-19-20-22-24-26-28-30-36(51)35(48-39(52)31-29-27-25-23-21-18-16-14-12-10-8-6-4-2)34-58-46-44(57)42(55)45(38(33-50)60-46)61-47-43(56)41(54)40(53)37(32-49)59-47/h14,16,28,30,35-38,40-47,49-51,53-57H,3-13,15,17-27,29,31-34H2,1-2H3,(H,48,52)/b16-14-,30-28+. The number of unbranched alkanes of at least 4 members (excludes halogenated alkanes) is 21. The van der Waals surface area contributed by atoms with Crippen molar-refractivity contribution >= 4 is 5.91 Å². The molecule has 2 aliphatic rings. The molecule has 14 nitrogen and oxygen atoms in total. The molecule has 12 atom stereocenters. The number of carbonyl (C=O) groups is 1. The molecule has 2 aliphatic heterocycles. The molecule has 0 saturated carbocycles. The minimum absolute atomic E-state index is 0.251. The Morgan fingerprint density at radius 3 is 1.57 bits per heavy atom. The minimum atomic E-state index is -1.79. The third-order valence-electron chi connectivity index (χ3n) is 11.9. The fourth-order valence-electron chi connectivity index (χ4n) is 7.87. The highest BCUT2D eigenvalue weighted by Gasteiger charge is 2.51. The second kappa shape index (κ2) is 34.8. The molecule has 2 rings (SSSR count). The molecule has 2 heterocycles. The van der Waals surface area contributed by atoms with Crippen molar-refractivity contribution in [3.8, 4) is 0 Å². The van der Waals surface area contributed by atoms with Gasteiger partial charge < -0.3 is 65.1 Å². The van der Waals surface area contributed by atoms with E-state index in [-0.39, 0.29) is 18.9 Å². The van der Waals surface area contributed by atoms with Gasteiger partial charge in [0.05, 0.1) is 32.0 Å². The van der Waals surface area contributed by atoms with Crippen molar-refractivity contribution in [2.75, 3.05) is 19.8 Å². The van der Waals surface area contributed by atoms with Gasteiger partial charge >= 0.3 is 0 Å². The number of hydrogen-bond donors (Lipinski definition) is 9. The van der Waals surface area contributed by atoms with Crippen molar-refractivity contribution in [1.82, 2.24) is 5.32 Å². The molecule has 12 unspecified atom stereocenters. The fourth-order valence-corrected chi connectivity index (χ4v) is 7.87. The zero-order valence-electron chi connectivity index (χ0n) is 37.7. The highest BCUT2D eigenvalue weighted by atomic mass is 16.7. The number of amides is 1. The van der Waals surface area contributed by atoms with Gasteiger partial charge in [-0.3, -0.25) is 4.79 Å². The van der Waals surface area contributed by atoms with Gasteiger partial charge in [-0.15, -0.1) is 0 Å². The van der Waals surface area contributed by atoms with Gasteiger partial charge in [0.15, 0.2) is 12.6 Å². The number of ether oxygens (including phenoxy) is 4. The Hall–Kier alpha value is -1.53. The average Bonchev–Trinajstić information content (AvgIpc) is 3.26. The largest absolute Gasteiger partial charge is 0.394 e. The van der Waals surface area contributed by atoms with Crippen LogP contribution in [0.25, 0.3) is 0 Å². The maximum absolute atomic E-state index is 13.1. The van der Waals surface area contributed by atoms with Crippen LogP contribution < -0.4 is 5.32 Å². The monoisotopic (exact) mass is 874 g/mol. The molecule has 61 heavy (non-hydrogen) atoms. The first-order valence-corrected chi connectivity index (χ1v) is 24.1. The first-order chi connectivity index (χ1) is 29.6. The van der Waals surface area contributed by atoms with E-state index in [0.29, 0.717) is 6.42 Å². The molecule has 0 bridgehead atoms. The summed E-state index contributed by atoms with van der Waals surface area (Å²) in [6, 6.07) is -0.914. The fraction of sp³-hybridized carbons (Fsp3) is 0.894. The van der Waals surface area contributed by atoms with Crippen LogP contribution in [0.4, 0.5) is 0 Å². The molecule has 0 radical (unpaired) electrons. The van der Waals surface area contributed by atoms with E-state index < -0.39 is 86.8 Å². The lowest BCUT2D eigenvalue weighted by molar-refractivity contribution is -0.359. The summed E-state index contributed by atoms with van der Waals surface area (Å²) in [4.78, 5) is 13.1. The number of allylic oxidation sites excluding steroid dienone is 3. The molecule has 0 aromatic carbocycles. The number of rotatable bonds is 36. The maximum Gasteiger partial charge on any atom is 0.220 e. The highest BCUT2D eigenvalue weighted by Crippen LogP contribution is 2.30. The Morgan fingerprint density at radius 1 is 0.574 bits per heavy atom. The van der Waals surface area contributed by atoms with E-state index in [9.17, 15) is 45.6 Å². The quantitative estimate of drug-likeness (QED) is 0.0285. The number of aliphatic hydroxyl groups excluding tert-OH is 8. The molecule has 2 saturated heterocycles. The Bertz CT molecular complexity index is 1130. The Labute approximate surface area is 367 Å². The van der Waals surface area contributed by atoms with Crippen LogP contribution in [-0.4, -0.2) is 140 Å². The van der Waals surface area contributed by atoms with Gasteiger partial charge in [-0.25, -0.2) is 0 Å². The predicted molar refractivity (Wildman–Crippen MR) is 235 cm³/mol. The molecule has 0 spiro atoms. The van der Waals surface area contributed by atoms with Crippen LogP contribution in [0.1, 0.15) is 174 Å². The molecule has 0 aromatic rings. The third-order valence-corrected chi connectivity index (χ3v) is 11.9. The molecular formula is C47H87NO13. The molecule has 1 amide bonds. The van der Waals surface area contributed by atoms with Gasteiger partial charge in [0.25, 0.3) is 0 Å². The maximum atomic E-state index is 13.1. The first-order valence-electron chi connectivity index (χ1n) is 24.1. The Kier molecular flexibility index (Phi) is 31.7. The number of carbonyl (C=O) groups excluding carboxylic acids is 1. The van der Waals surface area contributed by atoms with Gasteiger partial charge in [0.1, 0.15) is 48.8 Å². The van der Waals surface area contributed by atoms with Gasteiger partial charge in [0, 0.05) is 6.42 Å². The van der Waals surface area contributed by atoms with E-state index in [4.69, 9.17) is 18.9 Å². The number of nitrogens with one attached hydrogen (secondary N) is 1. The lowest BCUT2D eigenvalue weighted by Crippen LogP contribution is -2.65. The summed E-state index contributed by atoms with van der Waals surface area (Å²) >= 11 is 0. The van der Waals surface area contributed by atoms with E-state index in [2.05, 4.69) is 31.3 Å². The van der Waals surface area contributed by atoms with E-state index in [0.717, 1.165) is 57.8 Å². The van der Waals surface area contributed by atoms with Gasteiger partial charge in [0.2, 0.25) is 5.91 Å². The zero-order valence-corrected chi connectivity index (χ0v) is 37.7. The van der Waals surface area contributed by atoms with Crippen LogP contribution in [0.15, 0.2) is 24.3 Å². The molecule has 358 valence electrons. The SMILES string of the molecule is CCCCCC/C=C\CCCCCCCC(=O)NC(COC1OC(CO)C(OC2OC(CO)C(O)C(O)C2O)C(O)C1O)C(O)/C=C/CCCCCCCCCCCCCC. The van der Waals surface area contributed by atoms with E-state index >= 15 is 0 Å². The third kappa shape index (κ3) is 22.8. The summed E-state index contributed by atoms with van der Waals surface area (Å²) in [5.74, 6) is -0.251. The summed E-state index contributed by atoms with van der Waals surface area (Å²) in [7, 11) is 0. The first kappa shape index (κ1) is 55.6.